The predicted molar refractivity (Wildman–Crippen MR) is 250 cm³/mol. The molecule has 0 unspecified atom stereocenters. The quantitative estimate of drug-likeness (QED) is 0.169. The van der Waals surface area contributed by atoms with Crippen molar-refractivity contribution in [2.75, 3.05) is 0 Å². The average Bonchev–Trinajstić information content (AvgIpc) is 4.00. The van der Waals surface area contributed by atoms with E-state index in [0.717, 1.165) is 11.4 Å². The minimum absolute atomic E-state index is 0.225. The molecule has 2 aliphatic rings. The van der Waals surface area contributed by atoms with E-state index in [4.69, 9.17) is 0 Å². The largest absolute Gasteiger partial charge is 0.307 e. The highest BCUT2D eigenvalue weighted by atomic mass is 15.0. The van der Waals surface area contributed by atoms with Crippen LogP contribution < -0.4 is 0 Å². The number of nitrogens with zero attached hydrogens (tertiary/aromatic N) is 2. The predicted octanol–water partition coefficient (Wildman–Crippen LogP) is 14.6. The first-order chi connectivity index (χ1) is 29.6. The number of fused-ring (bicyclic) bond motifs is 15. The zero-order valence-corrected chi connectivity index (χ0v) is 33.5. The van der Waals surface area contributed by atoms with Gasteiger partial charge in [-0.15, -0.1) is 0 Å². The summed E-state index contributed by atoms with van der Waals surface area (Å²) in [5.41, 5.74) is 19.7. The van der Waals surface area contributed by atoms with Crippen LogP contribution in [0.4, 0.5) is 0 Å². The number of benzene rings is 9. The molecule has 2 heterocycles. The minimum atomic E-state index is -0.512. The molecule has 2 aromatic heterocycles. The van der Waals surface area contributed by atoms with Crippen LogP contribution in [0, 0.1) is 0 Å². The second-order valence-electron chi connectivity index (χ2n) is 17.2. The van der Waals surface area contributed by atoms with Gasteiger partial charge in [-0.05, 0) is 92.0 Å². The summed E-state index contributed by atoms with van der Waals surface area (Å²) in [7, 11) is 0. The Labute approximate surface area is 349 Å². The molecule has 0 radical (unpaired) electrons. The average molecular weight is 765 g/mol. The molecule has 0 saturated heterocycles. The van der Waals surface area contributed by atoms with Crippen molar-refractivity contribution in [1.82, 2.24) is 9.13 Å². The van der Waals surface area contributed by atoms with Gasteiger partial charge in [0, 0.05) is 38.3 Å². The topological polar surface area (TPSA) is 9.86 Å². The van der Waals surface area contributed by atoms with E-state index in [1.165, 1.54) is 99.2 Å². The lowest BCUT2D eigenvalue weighted by atomic mass is 9.67. The van der Waals surface area contributed by atoms with Crippen molar-refractivity contribution < 1.29 is 0 Å². The second-order valence-corrected chi connectivity index (χ2v) is 17.2. The molecule has 0 amide bonds. The van der Waals surface area contributed by atoms with Crippen LogP contribution in [0.25, 0.3) is 77.2 Å². The first-order valence-electron chi connectivity index (χ1n) is 21.1. The minimum Gasteiger partial charge on any atom is -0.307 e. The van der Waals surface area contributed by atoms with E-state index >= 15 is 0 Å². The fourth-order valence-corrected chi connectivity index (χ4v) is 11.6. The molecule has 0 N–H and O–H groups in total. The lowest BCUT2D eigenvalue weighted by Gasteiger charge is -2.34. The van der Waals surface area contributed by atoms with E-state index in [1.807, 2.05) is 0 Å². The van der Waals surface area contributed by atoms with Crippen LogP contribution in [0.5, 0.6) is 0 Å². The van der Waals surface area contributed by atoms with E-state index in [9.17, 15) is 0 Å². The molecule has 282 valence electrons. The molecule has 0 spiro atoms. The van der Waals surface area contributed by atoms with E-state index in [2.05, 4.69) is 229 Å². The number of rotatable bonds is 4. The van der Waals surface area contributed by atoms with Gasteiger partial charge in [0.25, 0.3) is 0 Å². The maximum Gasteiger partial charge on any atom is 0.0795 e. The van der Waals surface area contributed by atoms with Gasteiger partial charge in [0.15, 0.2) is 0 Å². The van der Waals surface area contributed by atoms with Crippen molar-refractivity contribution in [2.24, 2.45) is 0 Å². The second kappa shape index (κ2) is 12.1. The first kappa shape index (κ1) is 33.5. The highest BCUT2D eigenvalue weighted by molar-refractivity contribution is 6.31. The molecule has 0 fully saturated rings. The fourth-order valence-electron chi connectivity index (χ4n) is 11.6. The highest BCUT2D eigenvalue weighted by Crippen LogP contribution is 2.60. The van der Waals surface area contributed by atoms with E-state index in [0.29, 0.717) is 0 Å². The Kier molecular flexibility index (Phi) is 6.74. The Morgan fingerprint density at radius 3 is 1.52 bits per heavy atom. The van der Waals surface area contributed by atoms with Crippen LogP contribution >= 0.6 is 0 Å². The molecule has 9 aromatic carbocycles. The molecule has 11 aromatic rings. The smallest absolute Gasteiger partial charge is 0.0795 e. The Morgan fingerprint density at radius 1 is 0.367 bits per heavy atom. The Morgan fingerprint density at radius 2 is 0.850 bits per heavy atom. The number of para-hydroxylation sites is 3. The van der Waals surface area contributed by atoms with E-state index < -0.39 is 5.41 Å². The monoisotopic (exact) mass is 764 g/mol. The summed E-state index contributed by atoms with van der Waals surface area (Å²) in [6.07, 6.45) is 0. The third-order valence-electron chi connectivity index (χ3n) is 13.9. The summed E-state index contributed by atoms with van der Waals surface area (Å²) < 4.78 is 5.15. The molecule has 0 aliphatic heterocycles. The Bertz CT molecular complexity index is 3510. The van der Waals surface area contributed by atoms with Gasteiger partial charge in [-0.3, -0.25) is 0 Å². The normalized spacial score (nSPS) is 14.4. The third kappa shape index (κ3) is 4.13. The first-order valence-corrected chi connectivity index (χ1v) is 21.1. The van der Waals surface area contributed by atoms with Gasteiger partial charge in [-0.25, -0.2) is 0 Å². The SMILES string of the molecule is CC1(C)c2ccccc2-c2c1c1c3ccccc3n(-c3ccccc3)c1c1c2c2ccccc2n1-c1ccc2c(c1)C(c1ccccc1)(c1ccccc1)c1ccccc1-2. The van der Waals surface area contributed by atoms with Crippen LogP contribution in [0.3, 0.4) is 0 Å². The third-order valence-corrected chi connectivity index (χ3v) is 13.9. The summed E-state index contributed by atoms with van der Waals surface area (Å²) in [5.74, 6) is 0. The number of aromatic nitrogens is 2. The number of hydrogen-bond acceptors (Lipinski definition) is 0. The van der Waals surface area contributed by atoms with Gasteiger partial charge in [0.2, 0.25) is 0 Å². The number of hydrogen-bond donors (Lipinski definition) is 0. The van der Waals surface area contributed by atoms with E-state index in [-0.39, 0.29) is 5.41 Å². The molecule has 2 aliphatic carbocycles. The molecule has 0 saturated carbocycles. The van der Waals surface area contributed by atoms with Crippen LogP contribution in [-0.4, -0.2) is 9.13 Å². The summed E-state index contributed by atoms with van der Waals surface area (Å²) in [6.45, 7) is 4.86. The van der Waals surface area contributed by atoms with Gasteiger partial charge in [-0.2, -0.15) is 0 Å². The molecular weight excluding hydrogens is 725 g/mol. The lowest BCUT2D eigenvalue weighted by Crippen LogP contribution is -2.28. The van der Waals surface area contributed by atoms with Gasteiger partial charge >= 0.3 is 0 Å². The molecule has 2 nitrogen and oxygen atoms in total. The van der Waals surface area contributed by atoms with Crippen LogP contribution in [0.2, 0.25) is 0 Å². The van der Waals surface area contributed by atoms with Crippen molar-refractivity contribution in [1.29, 1.82) is 0 Å². The summed E-state index contributed by atoms with van der Waals surface area (Å²) >= 11 is 0. The Hall–Kier alpha value is -7.42. The molecular formula is C58H40N2. The van der Waals surface area contributed by atoms with Crippen molar-refractivity contribution in [2.45, 2.75) is 24.7 Å². The molecule has 0 atom stereocenters. The van der Waals surface area contributed by atoms with Crippen LogP contribution in [0.1, 0.15) is 47.2 Å². The van der Waals surface area contributed by atoms with Gasteiger partial charge in [-0.1, -0.05) is 184 Å². The maximum absolute atomic E-state index is 2.60. The van der Waals surface area contributed by atoms with Gasteiger partial charge in [0.1, 0.15) is 0 Å². The fraction of sp³-hybridized carbons (Fsp3) is 0.0690. The van der Waals surface area contributed by atoms with E-state index in [1.54, 1.807) is 0 Å². The van der Waals surface area contributed by atoms with Crippen molar-refractivity contribution in [3.05, 3.63) is 240 Å². The maximum atomic E-state index is 2.60. The molecule has 2 heteroatoms. The van der Waals surface area contributed by atoms with Crippen LogP contribution in [0.15, 0.2) is 206 Å². The molecule has 0 bridgehead atoms. The summed E-state index contributed by atoms with van der Waals surface area (Å²) in [6, 6.07) is 76.9. The lowest BCUT2D eigenvalue weighted by molar-refractivity contribution is 0.667. The van der Waals surface area contributed by atoms with Crippen molar-refractivity contribution >= 4 is 43.6 Å². The standard InChI is InChI=1S/C58H40N2/c1-57(2)46-30-16-13-27-43(46)51-52-44-28-14-18-32-49(44)60(55(52)56-53(54(51)57)45-29-15-19-33-50(45)59(56)39-24-10-5-11-25-39)40-34-35-42-41-26-12-17-31-47(41)58(48(42)36-40,37-20-6-3-7-21-37)38-22-8-4-9-23-38/h3-36H,1-2H3. The zero-order chi connectivity index (χ0) is 39.7. The highest BCUT2D eigenvalue weighted by Gasteiger charge is 2.47. The van der Waals surface area contributed by atoms with Gasteiger partial charge in [0.05, 0.1) is 27.5 Å². The van der Waals surface area contributed by atoms with Gasteiger partial charge < -0.3 is 9.13 Å². The van der Waals surface area contributed by atoms with Crippen molar-refractivity contribution in [3.63, 3.8) is 0 Å². The summed E-state index contributed by atoms with van der Waals surface area (Å²) in [5, 5.41) is 5.19. The Balaban J connectivity index is 1.26. The molecule has 13 rings (SSSR count). The molecule has 60 heavy (non-hydrogen) atoms. The summed E-state index contributed by atoms with van der Waals surface area (Å²) in [4.78, 5) is 0. The zero-order valence-electron chi connectivity index (χ0n) is 33.5. The van der Waals surface area contributed by atoms with Crippen LogP contribution in [-0.2, 0) is 10.8 Å². The van der Waals surface area contributed by atoms with Crippen molar-refractivity contribution in [3.8, 4) is 33.6 Å².